The summed E-state index contributed by atoms with van der Waals surface area (Å²) in [6, 6.07) is -0.400. The van der Waals surface area contributed by atoms with Crippen molar-refractivity contribution in [3.8, 4) is 0 Å². The SMILES string of the molecule is CCN(CC)C(=O)N1CCN(C(=O)C(C)N)CC1.Cl. The van der Waals surface area contributed by atoms with Gasteiger partial charge in [-0.2, -0.15) is 0 Å². The smallest absolute Gasteiger partial charge is 0.320 e. The van der Waals surface area contributed by atoms with Crippen LogP contribution in [0.5, 0.6) is 0 Å². The number of amides is 3. The van der Waals surface area contributed by atoms with Gasteiger partial charge in [0.05, 0.1) is 6.04 Å². The summed E-state index contributed by atoms with van der Waals surface area (Å²) in [5, 5.41) is 0. The van der Waals surface area contributed by atoms with Crippen LogP contribution in [0.2, 0.25) is 0 Å². The molecule has 1 rings (SSSR count). The predicted octanol–water partition coefficient (Wildman–Crippen LogP) is 0.361. The van der Waals surface area contributed by atoms with Crippen LogP contribution in [0, 0.1) is 0 Å². The van der Waals surface area contributed by atoms with E-state index in [9.17, 15) is 9.59 Å². The Morgan fingerprint density at radius 1 is 1.11 bits per heavy atom. The minimum atomic E-state index is -0.463. The number of nitrogens with two attached hydrogens (primary N) is 1. The topological polar surface area (TPSA) is 69.9 Å². The molecule has 1 heterocycles. The van der Waals surface area contributed by atoms with Gasteiger partial charge in [0.2, 0.25) is 5.91 Å². The van der Waals surface area contributed by atoms with Crippen molar-refractivity contribution < 1.29 is 9.59 Å². The fourth-order valence-electron chi connectivity index (χ4n) is 2.10. The first-order valence-electron chi connectivity index (χ1n) is 6.59. The molecular formula is C12H25ClN4O2. The van der Waals surface area contributed by atoms with E-state index in [0.29, 0.717) is 39.3 Å². The predicted molar refractivity (Wildman–Crippen MR) is 77.4 cm³/mol. The van der Waals surface area contributed by atoms with Crippen LogP contribution < -0.4 is 5.73 Å². The lowest BCUT2D eigenvalue weighted by Gasteiger charge is -2.37. The highest BCUT2D eigenvalue weighted by Crippen LogP contribution is 2.06. The summed E-state index contributed by atoms with van der Waals surface area (Å²) in [5.41, 5.74) is 5.57. The van der Waals surface area contributed by atoms with Crippen LogP contribution in [0.4, 0.5) is 4.79 Å². The number of urea groups is 1. The zero-order chi connectivity index (χ0) is 13.7. The molecular weight excluding hydrogens is 268 g/mol. The summed E-state index contributed by atoms with van der Waals surface area (Å²) in [6.45, 7) is 9.40. The fraction of sp³-hybridized carbons (Fsp3) is 0.833. The Morgan fingerprint density at radius 2 is 1.53 bits per heavy atom. The summed E-state index contributed by atoms with van der Waals surface area (Å²) >= 11 is 0. The van der Waals surface area contributed by atoms with E-state index < -0.39 is 6.04 Å². The van der Waals surface area contributed by atoms with Crippen LogP contribution in [0.15, 0.2) is 0 Å². The summed E-state index contributed by atoms with van der Waals surface area (Å²) in [5.74, 6) is -0.0371. The van der Waals surface area contributed by atoms with Gasteiger partial charge in [-0.25, -0.2) is 4.79 Å². The number of carbonyl (C=O) groups excluding carboxylic acids is 2. The van der Waals surface area contributed by atoms with Gasteiger partial charge in [0, 0.05) is 39.3 Å². The number of halogens is 1. The molecule has 0 radical (unpaired) electrons. The van der Waals surface area contributed by atoms with Crippen LogP contribution >= 0.6 is 12.4 Å². The maximum Gasteiger partial charge on any atom is 0.320 e. The Labute approximate surface area is 121 Å². The Balaban J connectivity index is 0.00000324. The molecule has 1 aliphatic rings. The average molecular weight is 293 g/mol. The molecule has 1 atom stereocenters. The Bertz CT molecular complexity index is 300. The third kappa shape index (κ3) is 4.54. The second-order valence-electron chi connectivity index (χ2n) is 4.56. The third-order valence-corrected chi connectivity index (χ3v) is 3.29. The van der Waals surface area contributed by atoms with Crippen LogP contribution in [0.25, 0.3) is 0 Å². The molecule has 1 aliphatic heterocycles. The van der Waals surface area contributed by atoms with Gasteiger partial charge < -0.3 is 20.4 Å². The molecule has 1 saturated heterocycles. The van der Waals surface area contributed by atoms with E-state index in [1.54, 1.807) is 21.6 Å². The Hall–Kier alpha value is -1.01. The van der Waals surface area contributed by atoms with Crippen molar-refractivity contribution in [1.29, 1.82) is 0 Å². The monoisotopic (exact) mass is 292 g/mol. The molecule has 0 bridgehead atoms. The molecule has 0 aromatic rings. The maximum atomic E-state index is 12.1. The second-order valence-corrected chi connectivity index (χ2v) is 4.56. The number of hydrogen-bond donors (Lipinski definition) is 1. The van der Waals surface area contributed by atoms with E-state index in [0.717, 1.165) is 0 Å². The Morgan fingerprint density at radius 3 is 1.89 bits per heavy atom. The van der Waals surface area contributed by atoms with E-state index in [2.05, 4.69) is 0 Å². The van der Waals surface area contributed by atoms with Gasteiger partial charge in [-0.1, -0.05) is 0 Å². The van der Waals surface area contributed by atoms with Crippen molar-refractivity contribution in [1.82, 2.24) is 14.7 Å². The van der Waals surface area contributed by atoms with Gasteiger partial charge in [0.1, 0.15) is 0 Å². The van der Waals surface area contributed by atoms with Crippen molar-refractivity contribution in [2.24, 2.45) is 5.73 Å². The highest BCUT2D eigenvalue weighted by atomic mass is 35.5. The van der Waals surface area contributed by atoms with Gasteiger partial charge in [-0.05, 0) is 20.8 Å². The van der Waals surface area contributed by atoms with Crippen molar-refractivity contribution in [2.75, 3.05) is 39.3 Å². The fourth-order valence-corrected chi connectivity index (χ4v) is 2.10. The van der Waals surface area contributed by atoms with Crippen molar-refractivity contribution in [3.63, 3.8) is 0 Å². The normalized spacial score (nSPS) is 16.6. The van der Waals surface area contributed by atoms with Crippen molar-refractivity contribution >= 4 is 24.3 Å². The number of hydrogen-bond acceptors (Lipinski definition) is 3. The summed E-state index contributed by atoms with van der Waals surface area (Å²) < 4.78 is 0. The first-order valence-corrected chi connectivity index (χ1v) is 6.59. The van der Waals surface area contributed by atoms with Crippen LogP contribution in [-0.2, 0) is 4.79 Å². The second kappa shape index (κ2) is 8.22. The first kappa shape index (κ1) is 18.0. The van der Waals surface area contributed by atoms with Crippen molar-refractivity contribution in [2.45, 2.75) is 26.8 Å². The van der Waals surface area contributed by atoms with Gasteiger partial charge in [-0.15, -0.1) is 12.4 Å². The zero-order valence-electron chi connectivity index (χ0n) is 12.0. The standard InChI is InChI=1S/C12H24N4O2.ClH/c1-4-14(5-2)12(18)16-8-6-15(7-9-16)11(17)10(3)13;/h10H,4-9,13H2,1-3H3;1H. The third-order valence-electron chi connectivity index (χ3n) is 3.29. The molecule has 0 spiro atoms. The lowest BCUT2D eigenvalue weighted by molar-refractivity contribution is -0.133. The number of rotatable bonds is 3. The molecule has 6 nitrogen and oxygen atoms in total. The molecule has 3 amide bonds. The number of piperazine rings is 1. The molecule has 1 fully saturated rings. The van der Waals surface area contributed by atoms with Gasteiger partial charge >= 0.3 is 6.03 Å². The average Bonchev–Trinajstić information content (AvgIpc) is 2.39. The van der Waals surface area contributed by atoms with E-state index in [1.165, 1.54) is 0 Å². The van der Waals surface area contributed by atoms with Crippen LogP contribution in [0.1, 0.15) is 20.8 Å². The van der Waals surface area contributed by atoms with E-state index in [4.69, 9.17) is 5.73 Å². The number of nitrogens with zero attached hydrogens (tertiary/aromatic N) is 3. The van der Waals surface area contributed by atoms with E-state index >= 15 is 0 Å². The molecule has 0 saturated carbocycles. The molecule has 2 N–H and O–H groups in total. The molecule has 0 aromatic carbocycles. The highest BCUT2D eigenvalue weighted by Gasteiger charge is 2.27. The molecule has 0 aliphatic carbocycles. The van der Waals surface area contributed by atoms with Crippen LogP contribution in [0.3, 0.4) is 0 Å². The summed E-state index contributed by atoms with van der Waals surface area (Å²) in [7, 11) is 0. The number of carbonyl (C=O) groups is 2. The van der Waals surface area contributed by atoms with Crippen molar-refractivity contribution in [3.05, 3.63) is 0 Å². The minimum Gasteiger partial charge on any atom is -0.338 e. The van der Waals surface area contributed by atoms with Gasteiger partial charge in [0.25, 0.3) is 0 Å². The lowest BCUT2D eigenvalue weighted by atomic mass is 10.2. The zero-order valence-corrected chi connectivity index (χ0v) is 12.8. The highest BCUT2D eigenvalue weighted by molar-refractivity contribution is 5.85. The van der Waals surface area contributed by atoms with E-state index in [-0.39, 0.29) is 24.3 Å². The molecule has 0 aromatic heterocycles. The minimum absolute atomic E-state index is 0. The molecule has 1 unspecified atom stereocenters. The summed E-state index contributed by atoms with van der Waals surface area (Å²) in [4.78, 5) is 29.1. The van der Waals surface area contributed by atoms with Gasteiger partial charge in [0.15, 0.2) is 0 Å². The molecule has 112 valence electrons. The lowest BCUT2D eigenvalue weighted by Crippen LogP contribution is -2.56. The Kier molecular flexibility index (Phi) is 7.78. The largest absolute Gasteiger partial charge is 0.338 e. The molecule has 7 heteroatoms. The first-order chi connectivity index (χ1) is 8.51. The molecule has 19 heavy (non-hydrogen) atoms. The van der Waals surface area contributed by atoms with E-state index in [1.807, 2.05) is 13.8 Å². The maximum absolute atomic E-state index is 12.1. The van der Waals surface area contributed by atoms with Gasteiger partial charge in [-0.3, -0.25) is 4.79 Å². The summed E-state index contributed by atoms with van der Waals surface area (Å²) in [6.07, 6.45) is 0. The van der Waals surface area contributed by atoms with Crippen LogP contribution in [-0.4, -0.2) is 71.9 Å². The quantitative estimate of drug-likeness (QED) is 0.817.